The fourth-order valence-corrected chi connectivity index (χ4v) is 2.71. The second-order valence-electron chi connectivity index (χ2n) is 5.14. The molecule has 1 fully saturated rings. The molecule has 1 aliphatic rings. The number of hydrogen-bond acceptors (Lipinski definition) is 4. The molecule has 1 saturated carbocycles. The van der Waals surface area contributed by atoms with Crippen LogP contribution in [0.4, 0.5) is 11.4 Å². The number of benzene rings is 1. The van der Waals surface area contributed by atoms with Crippen LogP contribution in [0.1, 0.15) is 18.4 Å². The van der Waals surface area contributed by atoms with E-state index in [9.17, 15) is 15.2 Å². The first-order valence-electron chi connectivity index (χ1n) is 6.24. The first-order valence-corrected chi connectivity index (χ1v) is 6.61. The molecule has 0 radical (unpaired) electrons. The number of non-ortho nitro benzene ring substituents is 1. The van der Waals surface area contributed by atoms with E-state index in [1.54, 1.807) is 6.92 Å². The summed E-state index contributed by atoms with van der Waals surface area (Å²) in [7, 11) is 1.84. The molecule has 0 bridgehead atoms. The van der Waals surface area contributed by atoms with Gasteiger partial charge in [-0.25, -0.2) is 0 Å². The number of rotatable bonds is 5. The number of aryl methyl sites for hydroxylation is 1. The minimum atomic E-state index is -0.457. The third kappa shape index (κ3) is 3.16. The Morgan fingerprint density at radius 2 is 2.21 bits per heavy atom. The van der Waals surface area contributed by atoms with Crippen molar-refractivity contribution in [2.24, 2.45) is 5.92 Å². The van der Waals surface area contributed by atoms with Gasteiger partial charge in [0.1, 0.15) is 0 Å². The molecule has 1 unspecified atom stereocenters. The minimum Gasteiger partial charge on any atom is -0.391 e. The van der Waals surface area contributed by atoms with E-state index in [0.29, 0.717) is 17.5 Å². The summed E-state index contributed by atoms with van der Waals surface area (Å²) in [6, 6.07) is 2.85. The van der Waals surface area contributed by atoms with Crippen LogP contribution in [0.15, 0.2) is 12.1 Å². The van der Waals surface area contributed by atoms with Gasteiger partial charge in [-0.1, -0.05) is 11.6 Å². The summed E-state index contributed by atoms with van der Waals surface area (Å²) in [6.07, 6.45) is 1.78. The second kappa shape index (κ2) is 5.35. The van der Waals surface area contributed by atoms with Crippen LogP contribution >= 0.6 is 11.6 Å². The molecule has 1 aromatic rings. The highest BCUT2D eigenvalue weighted by atomic mass is 35.5. The SMILES string of the molecule is Cc1cc([N+](=O)[O-])cc(Cl)c1N(C)CC(O)C1CC1. The molecule has 1 aromatic carbocycles. The molecule has 1 atom stereocenters. The maximum absolute atomic E-state index is 10.8. The van der Waals surface area contributed by atoms with Crippen LogP contribution in [0.3, 0.4) is 0 Å². The molecule has 19 heavy (non-hydrogen) atoms. The van der Waals surface area contributed by atoms with E-state index in [0.717, 1.165) is 24.1 Å². The van der Waals surface area contributed by atoms with Crippen LogP contribution in [0.25, 0.3) is 0 Å². The van der Waals surface area contributed by atoms with Gasteiger partial charge in [0.15, 0.2) is 0 Å². The monoisotopic (exact) mass is 284 g/mol. The summed E-state index contributed by atoms with van der Waals surface area (Å²) in [6.45, 7) is 2.28. The number of likely N-dealkylation sites (N-methyl/N-ethyl adjacent to an activating group) is 1. The van der Waals surface area contributed by atoms with E-state index >= 15 is 0 Å². The molecule has 0 spiro atoms. The summed E-state index contributed by atoms with van der Waals surface area (Å²) in [5.74, 6) is 0.388. The van der Waals surface area contributed by atoms with Crippen molar-refractivity contribution < 1.29 is 10.0 Å². The number of anilines is 1. The van der Waals surface area contributed by atoms with Gasteiger partial charge in [0.2, 0.25) is 0 Å². The molecule has 5 nitrogen and oxygen atoms in total. The molecule has 0 heterocycles. The first kappa shape index (κ1) is 14.1. The summed E-state index contributed by atoms with van der Waals surface area (Å²) in [5.41, 5.74) is 1.47. The number of nitro groups is 1. The average Bonchev–Trinajstić information content (AvgIpc) is 3.11. The minimum absolute atomic E-state index is 0.0117. The van der Waals surface area contributed by atoms with E-state index < -0.39 is 4.92 Å². The Kier molecular flexibility index (Phi) is 3.96. The normalized spacial score (nSPS) is 16.2. The number of aliphatic hydroxyl groups is 1. The lowest BCUT2D eigenvalue weighted by Crippen LogP contribution is -2.31. The highest BCUT2D eigenvalue weighted by molar-refractivity contribution is 6.33. The Morgan fingerprint density at radius 1 is 1.58 bits per heavy atom. The average molecular weight is 285 g/mol. The molecule has 1 aliphatic carbocycles. The van der Waals surface area contributed by atoms with Crippen LogP contribution in [-0.2, 0) is 0 Å². The second-order valence-corrected chi connectivity index (χ2v) is 5.54. The maximum atomic E-state index is 10.8. The van der Waals surface area contributed by atoms with Crippen LogP contribution in [0, 0.1) is 23.0 Å². The highest BCUT2D eigenvalue weighted by Crippen LogP contribution is 2.36. The van der Waals surface area contributed by atoms with Crippen molar-refractivity contribution in [3.63, 3.8) is 0 Å². The van der Waals surface area contributed by atoms with Crippen molar-refractivity contribution in [1.82, 2.24) is 0 Å². The number of nitro benzene ring substituents is 1. The van der Waals surface area contributed by atoms with Gasteiger partial charge in [0, 0.05) is 25.7 Å². The number of aliphatic hydroxyl groups excluding tert-OH is 1. The predicted molar refractivity (Wildman–Crippen MR) is 74.8 cm³/mol. The van der Waals surface area contributed by atoms with Crippen molar-refractivity contribution in [2.75, 3.05) is 18.5 Å². The van der Waals surface area contributed by atoms with Gasteiger partial charge in [-0.15, -0.1) is 0 Å². The van der Waals surface area contributed by atoms with Gasteiger partial charge in [0.05, 0.1) is 21.7 Å². The van der Waals surface area contributed by atoms with Gasteiger partial charge >= 0.3 is 0 Å². The molecular formula is C13H17ClN2O3. The van der Waals surface area contributed by atoms with Crippen LogP contribution in [0.5, 0.6) is 0 Å². The fourth-order valence-electron chi connectivity index (χ4n) is 2.31. The lowest BCUT2D eigenvalue weighted by atomic mass is 10.1. The first-order chi connectivity index (χ1) is 8.90. The van der Waals surface area contributed by atoms with Crippen molar-refractivity contribution in [2.45, 2.75) is 25.9 Å². The molecule has 104 valence electrons. The summed E-state index contributed by atoms with van der Waals surface area (Å²) in [5, 5.41) is 21.1. The largest absolute Gasteiger partial charge is 0.391 e. The smallest absolute Gasteiger partial charge is 0.271 e. The van der Waals surface area contributed by atoms with Crippen molar-refractivity contribution >= 4 is 23.0 Å². The zero-order valence-electron chi connectivity index (χ0n) is 11.0. The van der Waals surface area contributed by atoms with E-state index in [2.05, 4.69) is 0 Å². The zero-order chi connectivity index (χ0) is 14.2. The molecule has 2 rings (SSSR count). The maximum Gasteiger partial charge on any atom is 0.271 e. The van der Waals surface area contributed by atoms with E-state index in [1.165, 1.54) is 12.1 Å². The number of hydrogen-bond donors (Lipinski definition) is 1. The predicted octanol–water partition coefficient (Wildman–Crippen LogP) is 2.76. The topological polar surface area (TPSA) is 66.6 Å². The van der Waals surface area contributed by atoms with Crippen molar-refractivity contribution in [1.29, 1.82) is 0 Å². The van der Waals surface area contributed by atoms with Gasteiger partial charge in [-0.2, -0.15) is 0 Å². The van der Waals surface area contributed by atoms with E-state index in [1.807, 2.05) is 11.9 Å². The Morgan fingerprint density at radius 3 is 2.68 bits per heavy atom. The molecule has 0 saturated heterocycles. The summed E-state index contributed by atoms with van der Waals surface area (Å²) < 4.78 is 0. The molecule has 0 amide bonds. The summed E-state index contributed by atoms with van der Waals surface area (Å²) in [4.78, 5) is 12.2. The molecule has 0 aromatic heterocycles. The molecule has 0 aliphatic heterocycles. The van der Waals surface area contributed by atoms with Crippen molar-refractivity contribution in [3.05, 3.63) is 32.8 Å². The quantitative estimate of drug-likeness (QED) is 0.667. The Labute approximate surface area is 116 Å². The Hall–Kier alpha value is -1.33. The van der Waals surface area contributed by atoms with E-state index in [4.69, 9.17) is 11.6 Å². The standard InChI is InChI=1S/C13H17ClN2O3/c1-8-5-10(16(18)19)6-11(14)13(8)15(2)7-12(17)9-3-4-9/h5-6,9,12,17H,3-4,7H2,1-2H3. The number of nitrogens with zero attached hydrogens (tertiary/aromatic N) is 2. The van der Waals surface area contributed by atoms with Crippen molar-refractivity contribution in [3.8, 4) is 0 Å². The molecule has 1 N–H and O–H groups in total. The van der Waals surface area contributed by atoms with Gasteiger partial charge in [-0.3, -0.25) is 10.1 Å². The van der Waals surface area contributed by atoms with Gasteiger partial charge < -0.3 is 10.0 Å². The summed E-state index contributed by atoms with van der Waals surface area (Å²) >= 11 is 6.12. The fraction of sp³-hybridized carbons (Fsp3) is 0.538. The Balaban J connectivity index is 2.20. The van der Waals surface area contributed by atoms with Crippen LogP contribution in [-0.4, -0.2) is 29.7 Å². The lowest BCUT2D eigenvalue weighted by Gasteiger charge is -2.25. The Bertz CT molecular complexity index is 480. The third-order valence-electron chi connectivity index (χ3n) is 3.46. The van der Waals surface area contributed by atoms with Gasteiger partial charge in [-0.05, 0) is 31.2 Å². The van der Waals surface area contributed by atoms with Crippen LogP contribution < -0.4 is 4.90 Å². The highest BCUT2D eigenvalue weighted by Gasteiger charge is 2.31. The molecule has 6 heteroatoms. The van der Waals surface area contributed by atoms with E-state index in [-0.39, 0.29) is 11.8 Å². The third-order valence-corrected chi connectivity index (χ3v) is 3.75. The van der Waals surface area contributed by atoms with Crippen LogP contribution in [0.2, 0.25) is 5.02 Å². The number of halogens is 1. The lowest BCUT2D eigenvalue weighted by molar-refractivity contribution is -0.384. The van der Waals surface area contributed by atoms with Gasteiger partial charge in [0.25, 0.3) is 5.69 Å². The molecular weight excluding hydrogens is 268 g/mol. The zero-order valence-corrected chi connectivity index (χ0v) is 11.7.